The maximum atomic E-state index is 13.9. The summed E-state index contributed by atoms with van der Waals surface area (Å²) >= 11 is 0. The molecule has 7 heteroatoms. The van der Waals surface area contributed by atoms with Gasteiger partial charge < -0.3 is 19.1 Å². The van der Waals surface area contributed by atoms with Gasteiger partial charge in [-0.1, -0.05) is 32.0 Å². The SMILES string of the molecule is COc1ccccc1C1C2=C(OC3CC(C)C(C)CC3C2=O)C(=O)N1CCN1CCOCC1. The second-order valence-corrected chi connectivity index (χ2v) is 9.89. The summed E-state index contributed by atoms with van der Waals surface area (Å²) in [4.78, 5) is 31.7. The van der Waals surface area contributed by atoms with Crippen LogP contribution in [-0.4, -0.2) is 74.1 Å². The first-order valence-corrected chi connectivity index (χ1v) is 12.2. The van der Waals surface area contributed by atoms with Crippen molar-refractivity contribution in [3.63, 3.8) is 0 Å². The molecule has 5 unspecified atom stereocenters. The molecule has 5 rings (SSSR count). The number of fused-ring (bicyclic) bond motifs is 1. The van der Waals surface area contributed by atoms with Crippen LogP contribution in [0.15, 0.2) is 35.6 Å². The second-order valence-electron chi connectivity index (χ2n) is 9.89. The van der Waals surface area contributed by atoms with Crippen molar-refractivity contribution in [1.29, 1.82) is 0 Å². The molecule has 0 bridgehead atoms. The summed E-state index contributed by atoms with van der Waals surface area (Å²) in [6.07, 6.45) is 1.42. The van der Waals surface area contributed by atoms with Gasteiger partial charge in [0.05, 0.1) is 37.9 Å². The number of ketones is 1. The molecule has 4 aliphatic rings. The van der Waals surface area contributed by atoms with Crippen molar-refractivity contribution in [2.75, 3.05) is 46.5 Å². The van der Waals surface area contributed by atoms with E-state index in [0.717, 1.165) is 38.0 Å². The maximum absolute atomic E-state index is 13.9. The van der Waals surface area contributed by atoms with Crippen LogP contribution in [-0.2, 0) is 19.1 Å². The molecular weight excluding hydrogens is 420 g/mol. The lowest BCUT2D eigenvalue weighted by atomic mass is 9.70. The molecule has 3 aliphatic heterocycles. The van der Waals surface area contributed by atoms with Crippen LogP contribution in [0.4, 0.5) is 0 Å². The Balaban J connectivity index is 1.50. The fourth-order valence-corrected chi connectivity index (χ4v) is 5.83. The van der Waals surface area contributed by atoms with Gasteiger partial charge in [-0.3, -0.25) is 14.5 Å². The monoisotopic (exact) mass is 454 g/mol. The van der Waals surface area contributed by atoms with E-state index >= 15 is 0 Å². The molecule has 0 N–H and O–H groups in total. The highest BCUT2D eigenvalue weighted by atomic mass is 16.5. The molecule has 0 spiro atoms. The van der Waals surface area contributed by atoms with Gasteiger partial charge in [0.15, 0.2) is 11.5 Å². The highest BCUT2D eigenvalue weighted by Crippen LogP contribution is 2.49. The fraction of sp³-hybridized carbons (Fsp3) is 0.615. The number of amides is 1. The first kappa shape index (κ1) is 22.4. The normalized spacial score (nSPS) is 32.5. The molecule has 7 nitrogen and oxygen atoms in total. The first-order chi connectivity index (χ1) is 16.0. The highest BCUT2D eigenvalue weighted by Gasteiger charge is 2.53. The number of hydrogen-bond donors (Lipinski definition) is 0. The number of Topliss-reactive ketones (excluding diaryl/α,β-unsaturated/α-hetero) is 1. The van der Waals surface area contributed by atoms with Gasteiger partial charge >= 0.3 is 0 Å². The molecule has 1 saturated heterocycles. The van der Waals surface area contributed by atoms with E-state index in [1.54, 1.807) is 7.11 Å². The smallest absolute Gasteiger partial charge is 0.290 e. The van der Waals surface area contributed by atoms with E-state index in [9.17, 15) is 9.59 Å². The zero-order chi connectivity index (χ0) is 23.1. The molecule has 1 amide bonds. The molecule has 1 aliphatic carbocycles. The molecule has 2 fully saturated rings. The zero-order valence-corrected chi connectivity index (χ0v) is 19.8. The van der Waals surface area contributed by atoms with Gasteiger partial charge in [0.2, 0.25) is 0 Å². The van der Waals surface area contributed by atoms with Gasteiger partial charge in [0.1, 0.15) is 11.9 Å². The summed E-state index contributed by atoms with van der Waals surface area (Å²) in [5.74, 6) is 1.60. The maximum Gasteiger partial charge on any atom is 0.290 e. The van der Waals surface area contributed by atoms with Crippen molar-refractivity contribution in [2.24, 2.45) is 17.8 Å². The Hall–Kier alpha value is -2.38. The van der Waals surface area contributed by atoms with Crippen molar-refractivity contribution in [1.82, 2.24) is 9.80 Å². The molecule has 1 aromatic carbocycles. The molecule has 33 heavy (non-hydrogen) atoms. The van der Waals surface area contributed by atoms with E-state index in [4.69, 9.17) is 14.2 Å². The zero-order valence-electron chi connectivity index (χ0n) is 19.8. The summed E-state index contributed by atoms with van der Waals surface area (Å²) in [6.45, 7) is 8.79. The number of nitrogens with zero attached hydrogens (tertiary/aromatic N) is 2. The van der Waals surface area contributed by atoms with Gasteiger partial charge in [0, 0.05) is 31.7 Å². The summed E-state index contributed by atoms with van der Waals surface area (Å²) in [7, 11) is 1.63. The van der Waals surface area contributed by atoms with Crippen LogP contribution in [0.25, 0.3) is 0 Å². The molecule has 178 valence electrons. The number of carbonyl (C=O) groups is 2. The lowest BCUT2D eigenvalue weighted by Gasteiger charge is -2.40. The number of morpholine rings is 1. The van der Waals surface area contributed by atoms with Crippen LogP contribution in [0, 0.1) is 17.8 Å². The van der Waals surface area contributed by atoms with E-state index in [2.05, 4.69) is 18.7 Å². The van der Waals surface area contributed by atoms with Crippen LogP contribution < -0.4 is 4.74 Å². The lowest BCUT2D eigenvalue weighted by molar-refractivity contribution is -0.137. The van der Waals surface area contributed by atoms with E-state index in [1.165, 1.54) is 0 Å². The predicted molar refractivity (Wildman–Crippen MR) is 123 cm³/mol. The Labute approximate surface area is 195 Å². The van der Waals surface area contributed by atoms with Crippen LogP contribution in [0.2, 0.25) is 0 Å². The van der Waals surface area contributed by atoms with Crippen molar-refractivity contribution >= 4 is 11.7 Å². The molecule has 1 saturated carbocycles. The van der Waals surface area contributed by atoms with E-state index in [0.29, 0.717) is 42.9 Å². The third kappa shape index (κ3) is 3.95. The van der Waals surface area contributed by atoms with Crippen molar-refractivity contribution in [2.45, 2.75) is 38.8 Å². The number of para-hydroxylation sites is 1. The van der Waals surface area contributed by atoms with E-state index in [1.807, 2.05) is 29.2 Å². The third-order valence-electron chi connectivity index (χ3n) is 8.00. The predicted octanol–water partition coefficient (Wildman–Crippen LogP) is 2.81. The van der Waals surface area contributed by atoms with Crippen LogP contribution in [0.1, 0.15) is 38.3 Å². The molecule has 0 aromatic heterocycles. The minimum absolute atomic E-state index is 0.0816. The summed E-state index contributed by atoms with van der Waals surface area (Å²) in [5, 5.41) is 0. The van der Waals surface area contributed by atoms with Gasteiger partial charge in [0.25, 0.3) is 5.91 Å². The van der Waals surface area contributed by atoms with Crippen molar-refractivity contribution in [3.05, 3.63) is 41.2 Å². The molecule has 5 atom stereocenters. The number of hydrogen-bond acceptors (Lipinski definition) is 6. The van der Waals surface area contributed by atoms with Crippen LogP contribution in [0.3, 0.4) is 0 Å². The number of rotatable bonds is 5. The fourth-order valence-electron chi connectivity index (χ4n) is 5.83. The van der Waals surface area contributed by atoms with Crippen molar-refractivity contribution < 1.29 is 23.8 Å². The summed E-state index contributed by atoms with van der Waals surface area (Å²) in [5.41, 5.74) is 1.36. The number of methoxy groups -OCH3 is 1. The number of ether oxygens (including phenoxy) is 3. The highest BCUT2D eigenvalue weighted by molar-refractivity contribution is 6.11. The molecule has 3 heterocycles. The van der Waals surface area contributed by atoms with Gasteiger partial charge in [-0.05, 0) is 30.7 Å². The standard InChI is InChI=1S/C26H34N2O5/c1-16-14-19-21(15-17(16)2)33-25-22(24(19)29)23(18-6-4-5-7-20(18)31-3)28(26(25)30)9-8-27-10-12-32-13-11-27/h4-7,16-17,19,21,23H,8-15H2,1-3H3. The number of carbonyl (C=O) groups excluding carboxylic acids is 2. The Morgan fingerprint density at radius 1 is 1.03 bits per heavy atom. The van der Waals surface area contributed by atoms with Crippen LogP contribution in [0.5, 0.6) is 5.75 Å². The Morgan fingerprint density at radius 2 is 1.76 bits per heavy atom. The molecule has 0 radical (unpaired) electrons. The number of benzene rings is 1. The molecule has 1 aromatic rings. The minimum Gasteiger partial charge on any atom is -0.496 e. The first-order valence-electron chi connectivity index (χ1n) is 12.2. The van der Waals surface area contributed by atoms with Gasteiger partial charge in [-0.15, -0.1) is 0 Å². The Bertz CT molecular complexity index is 954. The van der Waals surface area contributed by atoms with Gasteiger partial charge in [-0.25, -0.2) is 0 Å². The second kappa shape index (κ2) is 9.11. The Kier molecular flexibility index (Phi) is 6.18. The summed E-state index contributed by atoms with van der Waals surface area (Å²) < 4.78 is 17.5. The third-order valence-corrected chi connectivity index (χ3v) is 8.00. The average molecular weight is 455 g/mol. The largest absolute Gasteiger partial charge is 0.496 e. The van der Waals surface area contributed by atoms with E-state index < -0.39 is 6.04 Å². The minimum atomic E-state index is -0.479. The molecular formula is C26H34N2O5. The van der Waals surface area contributed by atoms with Gasteiger partial charge in [-0.2, -0.15) is 0 Å². The average Bonchev–Trinajstić information content (AvgIpc) is 3.11. The van der Waals surface area contributed by atoms with Crippen LogP contribution >= 0.6 is 0 Å². The topological polar surface area (TPSA) is 68.3 Å². The quantitative estimate of drug-likeness (QED) is 0.682. The van der Waals surface area contributed by atoms with E-state index in [-0.39, 0.29) is 29.5 Å². The Morgan fingerprint density at radius 3 is 2.52 bits per heavy atom. The summed E-state index contributed by atoms with van der Waals surface area (Å²) in [6, 6.07) is 7.21. The van der Waals surface area contributed by atoms with Crippen molar-refractivity contribution in [3.8, 4) is 5.75 Å². The lowest BCUT2D eigenvalue weighted by Crippen LogP contribution is -2.43.